The van der Waals surface area contributed by atoms with E-state index in [1.54, 1.807) is 0 Å². The van der Waals surface area contributed by atoms with Crippen LogP contribution in [0.2, 0.25) is 0 Å². The van der Waals surface area contributed by atoms with E-state index in [0.717, 1.165) is 0 Å². The summed E-state index contributed by atoms with van der Waals surface area (Å²) < 4.78 is 25.0. The Morgan fingerprint density at radius 2 is 2.09 bits per heavy atom. The second-order valence-corrected chi connectivity index (χ2v) is 7.22. The maximum atomic E-state index is 14.0. The Balaban J connectivity index is 1.94. The van der Waals surface area contributed by atoms with Crippen molar-refractivity contribution in [2.45, 2.75) is 32.0 Å². The molecule has 1 fully saturated rings. The summed E-state index contributed by atoms with van der Waals surface area (Å²) in [6.45, 7) is 1.95. The van der Waals surface area contributed by atoms with Crippen molar-refractivity contribution in [2.75, 3.05) is 13.7 Å². The minimum absolute atomic E-state index is 0.0870. The number of fused-ring (bicyclic) bond motifs is 1. The van der Waals surface area contributed by atoms with Crippen LogP contribution in [0.25, 0.3) is 10.8 Å². The second kappa shape index (κ2) is 9.51. The maximum Gasteiger partial charge on any atom is 0.382 e. The molecular formula is C22H22FN3O6. The SMILES string of the molecule is CC[C@@H]1[C@H](F)C(=O)N[C@@H]1CCOc1ncc(C#CC(=O)O)c2cc(C(N)=O)c(OC)cc12. The van der Waals surface area contributed by atoms with E-state index in [-0.39, 0.29) is 35.4 Å². The van der Waals surface area contributed by atoms with E-state index < -0.39 is 29.9 Å². The number of halogens is 1. The van der Waals surface area contributed by atoms with Crippen molar-refractivity contribution in [1.82, 2.24) is 10.3 Å². The van der Waals surface area contributed by atoms with Crippen LogP contribution in [0.4, 0.5) is 4.39 Å². The molecule has 1 aliphatic rings. The lowest BCUT2D eigenvalue weighted by Gasteiger charge is -2.18. The van der Waals surface area contributed by atoms with Gasteiger partial charge in [-0.3, -0.25) is 9.59 Å². The number of hydrogen-bond donors (Lipinski definition) is 3. The molecule has 3 rings (SSSR count). The fraction of sp³-hybridized carbons (Fsp3) is 0.364. The quantitative estimate of drug-likeness (QED) is 0.550. The van der Waals surface area contributed by atoms with Crippen LogP contribution in [0.15, 0.2) is 18.3 Å². The zero-order chi connectivity index (χ0) is 23.4. The van der Waals surface area contributed by atoms with E-state index in [9.17, 15) is 18.8 Å². The lowest BCUT2D eigenvalue weighted by Crippen LogP contribution is -2.30. The molecule has 0 bridgehead atoms. The first-order chi connectivity index (χ1) is 15.3. The summed E-state index contributed by atoms with van der Waals surface area (Å²) in [5.74, 6) is 1.78. The molecule has 0 aliphatic carbocycles. The van der Waals surface area contributed by atoms with Gasteiger partial charge in [-0.05, 0) is 18.6 Å². The molecule has 4 N–H and O–H groups in total. The first kappa shape index (κ1) is 22.8. The monoisotopic (exact) mass is 443 g/mol. The van der Waals surface area contributed by atoms with Gasteiger partial charge in [0.15, 0.2) is 6.17 Å². The summed E-state index contributed by atoms with van der Waals surface area (Å²) in [6.07, 6.45) is 0.669. The van der Waals surface area contributed by atoms with E-state index in [0.29, 0.717) is 23.6 Å². The molecule has 2 amide bonds. The van der Waals surface area contributed by atoms with Crippen molar-refractivity contribution >= 4 is 28.6 Å². The summed E-state index contributed by atoms with van der Waals surface area (Å²) in [7, 11) is 1.37. The number of nitrogens with one attached hydrogen (secondary N) is 1. The molecule has 32 heavy (non-hydrogen) atoms. The summed E-state index contributed by atoms with van der Waals surface area (Å²) >= 11 is 0. The fourth-order valence-electron chi connectivity index (χ4n) is 3.77. The highest BCUT2D eigenvalue weighted by atomic mass is 19.1. The molecule has 1 aromatic carbocycles. The van der Waals surface area contributed by atoms with Crippen LogP contribution in [0.3, 0.4) is 0 Å². The van der Waals surface area contributed by atoms with E-state index in [4.69, 9.17) is 20.3 Å². The van der Waals surface area contributed by atoms with Gasteiger partial charge in [0.25, 0.3) is 11.8 Å². The van der Waals surface area contributed by atoms with E-state index in [1.807, 2.05) is 12.8 Å². The largest absolute Gasteiger partial charge is 0.496 e. The third kappa shape index (κ3) is 4.56. The zero-order valence-electron chi connectivity index (χ0n) is 17.5. The zero-order valence-corrected chi connectivity index (χ0v) is 17.5. The lowest BCUT2D eigenvalue weighted by molar-refractivity contribution is -0.130. The number of methoxy groups -OCH3 is 1. The fourth-order valence-corrected chi connectivity index (χ4v) is 3.77. The van der Waals surface area contributed by atoms with Crippen molar-refractivity contribution < 1.29 is 33.4 Å². The molecule has 1 aliphatic heterocycles. The summed E-state index contributed by atoms with van der Waals surface area (Å²) in [6, 6.07) is 2.59. The summed E-state index contributed by atoms with van der Waals surface area (Å²) in [5.41, 5.74) is 5.77. The van der Waals surface area contributed by atoms with E-state index in [2.05, 4.69) is 16.2 Å². The molecule has 1 saturated heterocycles. The van der Waals surface area contributed by atoms with Crippen LogP contribution in [-0.2, 0) is 9.59 Å². The number of nitrogens with two attached hydrogens (primary N) is 1. The predicted molar refractivity (Wildman–Crippen MR) is 112 cm³/mol. The number of hydrogen-bond acceptors (Lipinski definition) is 6. The van der Waals surface area contributed by atoms with Crippen molar-refractivity contribution in [2.24, 2.45) is 11.7 Å². The molecule has 168 valence electrons. The molecule has 0 radical (unpaired) electrons. The average molecular weight is 443 g/mol. The second-order valence-electron chi connectivity index (χ2n) is 7.22. The van der Waals surface area contributed by atoms with E-state index >= 15 is 0 Å². The molecule has 10 heteroatoms. The van der Waals surface area contributed by atoms with Crippen LogP contribution in [0.5, 0.6) is 11.6 Å². The number of aliphatic carboxylic acids is 1. The van der Waals surface area contributed by atoms with Gasteiger partial charge in [-0.15, -0.1) is 0 Å². The predicted octanol–water partition coefficient (Wildman–Crippen LogP) is 1.41. The Hall–Kier alpha value is -3.87. The van der Waals surface area contributed by atoms with Gasteiger partial charge >= 0.3 is 5.97 Å². The number of nitrogens with zero attached hydrogens (tertiary/aromatic N) is 1. The van der Waals surface area contributed by atoms with Crippen LogP contribution in [0, 0.1) is 17.8 Å². The van der Waals surface area contributed by atoms with Gasteiger partial charge in [-0.25, -0.2) is 14.2 Å². The molecule has 3 atom stereocenters. The van der Waals surface area contributed by atoms with E-state index in [1.165, 1.54) is 25.4 Å². The van der Waals surface area contributed by atoms with Gasteiger partial charge < -0.3 is 25.6 Å². The van der Waals surface area contributed by atoms with Gasteiger partial charge in [0.05, 0.1) is 24.8 Å². The lowest BCUT2D eigenvalue weighted by atomic mass is 9.94. The molecular weight excluding hydrogens is 421 g/mol. The Kier molecular flexibility index (Phi) is 6.78. The van der Waals surface area contributed by atoms with Crippen molar-refractivity contribution in [3.63, 3.8) is 0 Å². The number of carboxylic acids is 1. The number of pyridine rings is 1. The highest BCUT2D eigenvalue weighted by Crippen LogP contribution is 2.33. The highest BCUT2D eigenvalue weighted by molar-refractivity contribution is 6.03. The summed E-state index contributed by atoms with van der Waals surface area (Å²) in [4.78, 5) is 38.5. The third-order valence-corrected chi connectivity index (χ3v) is 5.35. The number of primary amides is 1. The standard InChI is InChI=1S/C22H22FN3O6/c1-3-12-16(26-21(30)19(12)23)6-7-32-22-14-9-17(31-2)15(20(24)29)8-13(14)11(10-25-22)4-5-18(27)28/h8-10,12,16,19H,3,6-7H2,1-2H3,(H2,24,29)(H,26,30)(H,27,28)/t12-,16+,19-/m0/s1. The van der Waals surface area contributed by atoms with Crippen LogP contribution in [-0.4, -0.2) is 53.8 Å². The number of carbonyl (C=O) groups excluding carboxylic acids is 2. The molecule has 9 nitrogen and oxygen atoms in total. The van der Waals surface area contributed by atoms with Gasteiger partial charge in [0, 0.05) is 41.3 Å². The number of carbonyl (C=O) groups is 3. The molecule has 1 aromatic heterocycles. The smallest absolute Gasteiger partial charge is 0.382 e. The topological polar surface area (TPSA) is 141 Å². The highest BCUT2D eigenvalue weighted by Gasteiger charge is 2.41. The summed E-state index contributed by atoms with van der Waals surface area (Å²) in [5, 5.41) is 12.3. The van der Waals surface area contributed by atoms with Crippen molar-refractivity contribution in [3.05, 3.63) is 29.5 Å². The van der Waals surface area contributed by atoms with Gasteiger partial charge in [-0.2, -0.15) is 0 Å². The number of ether oxygens (including phenoxy) is 2. The van der Waals surface area contributed by atoms with Crippen LogP contribution < -0.4 is 20.5 Å². The first-order valence-corrected chi connectivity index (χ1v) is 9.89. The molecule has 2 aromatic rings. The number of amides is 2. The minimum atomic E-state index is -1.53. The number of rotatable bonds is 7. The number of benzene rings is 1. The molecule has 0 saturated carbocycles. The molecule has 0 spiro atoms. The number of carboxylic acid groups (broad SMARTS) is 1. The maximum absolute atomic E-state index is 14.0. The third-order valence-electron chi connectivity index (χ3n) is 5.35. The first-order valence-electron chi connectivity index (χ1n) is 9.89. The average Bonchev–Trinajstić information content (AvgIpc) is 3.04. The Labute approximate surface area is 183 Å². The number of aromatic nitrogens is 1. The minimum Gasteiger partial charge on any atom is -0.496 e. The van der Waals surface area contributed by atoms with Gasteiger partial charge in [-0.1, -0.05) is 12.8 Å². The normalized spacial score (nSPS) is 19.7. The van der Waals surface area contributed by atoms with Gasteiger partial charge in [0.2, 0.25) is 5.88 Å². The Bertz CT molecular complexity index is 1140. The van der Waals surface area contributed by atoms with Crippen molar-refractivity contribution in [1.29, 1.82) is 0 Å². The van der Waals surface area contributed by atoms with Crippen molar-refractivity contribution in [3.8, 4) is 23.5 Å². The Morgan fingerprint density at radius 1 is 1.34 bits per heavy atom. The van der Waals surface area contributed by atoms with Gasteiger partial charge in [0.1, 0.15) is 5.75 Å². The molecule has 2 heterocycles. The number of alkyl halides is 1. The van der Waals surface area contributed by atoms with Crippen LogP contribution in [0.1, 0.15) is 35.7 Å². The molecule has 0 unspecified atom stereocenters. The van der Waals surface area contributed by atoms with Crippen LogP contribution >= 0.6 is 0 Å². The Morgan fingerprint density at radius 3 is 2.72 bits per heavy atom.